The predicted molar refractivity (Wildman–Crippen MR) is 77.4 cm³/mol. The van der Waals surface area contributed by atoms with Crippen molar-refractivity contribution in [2.24, 2.45) is 0 Å². The van der Waals surface area contributed by atoms with Gasteiger partial charge in [-0.05, 0) is 24.5 Å². The van der Waals surface area contributed by atoms with Gasteiger partial charge in [0.25, 0.3) is 0 Å². The molecule has 3 aromatic rings. The number of pyridine rings is 2. The van der Waals surface area contributed by atoms with Crippen molar-refractivity contribution in [1.82, 2.24) is 15.0 Å². The van der Waals surface area contributed by atoms with E-state index < -0.39 is 11.7 Å². The van der Waals surface area contributed by atoms with Gasteiger partial charge in [0.15, 0.2) is 0 Å². The third-order valence-electron chi connectivity index (χ3n) is 2.77. The number of thiazole rings is 1. The molecule has 0 aliphatic carbocycles. The van der Waals surface area contributed by atoms with Crippen LogP contribution in [-0.4, -0.2) is 21.2 Å². The maximum atomic E-state index is 12.7. The van der Waals surface area contributed by atoms with E-state index in [0.717, 1.165) is 17.2 Å². The number of alkyl halides is 3. The lowest BCUT2D eigenvalue weighted by Crippen LogP contribution is -2.04. The Bertz CT molecular complexity index is 799. The fourth-order valence-corrected chi connectivity index (χ4v) is 3.32. The molecule has 0 saturated carbocycles. The van der Waals surface area contributed by atoms with Crippen molar-refractivity contribution in [3.63, 3.8) is 0 Å². The van der Waals surface area contributed by atoms with Crippen LogP contribution in [0.5, 0.6) is 0 Å². The van der Waals surface area contributed by atoms with Crippen molar-refractivity contribution in [3.05, 3.63) is 36.2 Å². The molecule has 0 N–H and O–H groups in total. The molecule has 0 fully saturated rings. The lowest BCUT2D eigenvalue weighted by molar-refractivity contribution is -0.137. The van der Waals surface area contributed by atoms with Crippen LogP contribution < -0.4 is 0 Å². The van der Waals surface area contributed by atoms with E-state index in [4.69, 9.17) is 0 Å². The summed E-state index contributed by atoms with van der Waals surface area (Å²) < 4.78 is 38.1. The summed E-state index contributed by atoms with van der Waals surface area (Å²) in [6.07, 6.45) is -0.0396. The molecule has 0 saturated heterocycles. The fraction of sp³-hybridized carbons (Fsp3) is 0.154. The minimum Gasteiger partial charge on any atom is -0.253 e. The van der Waals surface area contributed by atoms with Crippen LogP contribution in [-0.2, 0) is 6.18 Å². The monoisotopic (exact) mass is 327 g/mol. The average molecular weight is 327 g/mol. The molecule has 0 radical (unpaired) electrons. The molecule has 3 aromatic heterocycles. The topological polar surface area (TPSA) is 38.7 Å². The van der Waals surface area contributed by atoms with Crippen LogP contribution in [0.1, 0.15) is 5.56 Å². The lowest BCUT2D eigenvalue weighted by atomic mass is 10.3. The normalized spacial score (nSPS) is 12.0. The minimum atomic E-state index is -4.42. The summed E-state index contributed by atoms with van der Waals surface area (Å²) in [4.78, 5) is 13.8. The van der Waals surface area contributed by atoms with Gasteiger partial charge in [0.1, 0.15) is 21.0 Å². The number of aromatic nitrogens is 3. The molecule has 0 spiro atoms. The molecule has 0 aliphatic heterocycles. The highest BCUT2D eigenvalue weighted by Crippen LogP contribution is 2.35. The number of rotatable bonds is 2. The smallest absolute Gasteiger partial charge is 0.253 e. The molecule has 3 rings (SSSR count). The largest absolute Gasteiger partial charge is 0.417 e. The van der Waals surface area contributed by atoms with Gasteiger partial charge in [-0.25, -0.2) is 9.97 Å². The van der Waals surface area contributed by atoms with Crippen molar-refractivity contribution in [1.29, 1.82) is 0 Å². The highest BCUT2D eigenvalue weighted by Gasteiger charge is 2.31. The quantitative estimate of drug-likeness (QED) is 0.650. The Morgan fingerprint density at radius 3 is 2.76 bits per heavy atom. The van der Waals surface area contributed by atoms with Crippen LogP contribution in [0, 0.1) is 0 Å². The highest BCUT2D eigenvalue weighted by molar-refractivity contribution is 7.98. The van der Waals surface area contributed by atoms with Gasteiger partial charge in [0.05, 0.1) is 5.56 Å². The molecular formula is C13H8F3N3S2. The van der Waals surface area contributed by atoms with Crippen LogP contribution in [0.3, 0.4) is 0 Å². The summed E-state index contributed by atoms with van der Waals surface area (Å²) in [7, 11) is 0. The van der Waals surface area contributed by atoms with E-state index >= 15 is 0 Å². The van der Waals surface area contributed by atoms with E-state index in [1.165, 1.54) is 23.1 Å². The van der Waals surface area contributed by atoms with Crippen molar-refractivity contribution in [2.45, 2.75) is 11.1 Å². The molecular weight excluding hydrogens is 319 g/mol. The van der Waals surface area contributed by atoms with Crippen molar-refractivity contribution in [3.8, 4) is 10.7 Å². The second-order valence-corrected chi connectivity index (χ2v) is 5.94. The zero-order valence-electron chi connectivity index (χ0n) is 10.7. The van der Waals surface area contributed by atoms with E-state index in [1.807, 2.05) is 18.4 Å². The number of halogens is 3. The Hall–Kier alpha value is -1.67. The Kier molecular flexibility index (Phi) is 3.58. The van der Waals surface area contributed by atoms with Crippen LogP contribution in [0.25, 0.3) is 21.0 Å². The molecule has 108 valence electrons. The molecule has 0 unspecified atom stereocenters. The van der Waals surface area contributed by atoms with Crippen molar-refractivity contribution < 1.29 is 13.2 Å². The first-order valence-electron chi connectivity index (χ1n) is 5.82. The van der Waals surface area contributed by atoms with E-state index in [-0.39, 0.29) is 5.52 Å². The summed E-state index contributed by atoms with van der Waals surface area (Å²) in [5, 5.41) is 0.571. The first kappa shape index (κ1) is 14.3. The zero-order chi connectivity index (χ0) is 15.0. The maximum Gasteiger partial charge on any atom is 0.417 e. The Morgan fingerprint density at radius 1 is 1.24 bits per heavy atom. The van der Waals surface area contributed by atoms with Crippen LogP contribution >= 0.6 is 23.1 Å². The van der Waals surface area contributed by atoms with E-state index in [0.29, 0.717) is 15.5 Å². The molecule has 0 bridgehead atoms. The summed E-state index contributed by atoms with van der Waals surface area (Å²) in [6.45, 7) is 0. The fourth-order valence-electron chi connectivity index (χ4n) is 1.80. The summed E-state index contributed by atoms with van der Waals surface area (Å²) in [5.41, 5.74) is 0.113. The van der Waals surface area contributed by atoms with E-state index in [1.54, 1.807) is 6.20 Å². The number of hydrogen-bond donors (Lipinski definition) is 0. The second kappa shape index (κ2) is 5.27. The molecule has 0 amide bonds. The van der Waals surface area contributed by atoms with Crippen LogP contribution in [0.4, 0.5) is 13.2 Å². The SMILES string of the molecule is CSc1cccnc1-c1nc2cc(C(F)(F)F)cnc2s1. The molecule has 0 aromatic carbocycles. The summed E-state index contributed by atoms with van der Waals surface area (Å²) in [5.74, 6) is 0. The average Bonchev–Trinajstić information content (AvgIpc) is 2.89. The molecule has 3 nitrogen and oxygen atoms in total. The predicted octanol–water partition coefficient (Wildman–Crippen LogP) is 4.49. The number of nitrogens with zero attached hydrogens (tertiary/aromatic N) is 3. The molecule has 21 heavy (non-hydrogen) atoms. The van der Waals surface area contributed by atoms with Gasteiger partial charge < -0.3 is 0 Å². The van der Waals surface area contributed by atoms with Gasteiger partial charge in [-0.15, -0.1) is 11.8 Å². The first-order chi connectivity index (χ1) is 9.99. The number of hydrogen-bond acceptors (Lipinski definition) is 5. The lowest BCUT2D eigenvalue weighted by Gasteiger charge is -2.04. The molecule has 3 heterocycles. The standard InChI is InChI=1S/C13H8F3N3S2/c1-20-9-3-2-4-17-10(9)12-19-8-5-7(13(14,15)16)6-18-11(8)21-12/h2-6H,1H3. The van der Waals surface area contributed by atoms with Gasteiger partial charge in [0, 0.05) is 17.3 Å². The second-order valence-electron chi connectivity index (χ2n) is 4.12. The van der Waals surface area contributed by atoms with Crippen molar-refractivity contribution in [2.75, 3.05) is 6.26 Å². The Labute approximate surface area is 126 Å². The van der Waals surface area contributed by atoms with Crippen LogP contribution in [0.15, 0.2) is 35.5 Å². The van der Waals surface area contributed by atoms with E-state index in [9.17, 15) is 13.2 Å². The first-order valence-corrected chi connectivity index (χ1v) is 7.86. The van der Waals surface area contributed by atoms with E-state index in [2.05, 4.69) is 15.0 Å². The zero-order valence-corrected chi connectivity index (χ0v) is 12.3. The summed E-state index contributed by atoms with van der Waals surface area (Å²) >= 11 is 2.75. The molecule has 8 heteroatoms. The highest BCUT2D eigenvalue weighted by atomic mass is 32.2. The van der Waals surface area contributed by atoms with Gasteiger partial charge >= 0.3 is 6.18 Å². The minimum absolute atomic E-state index is 0.238. The van der Waals surface area contributed by atoms with Gasteiger partial charge in [-0.1, -0.05) is 11.3 Å². The Morgan fingerprint density at radius 2 is 2.05 bits per heavy atom. The molecule has 0 aliphatic rings. The number of fused-ring (bicyclic) bond motifs is 1. The number of thioether (sulfide) groups is 1. The van der Waals surface area contributed by atoms with Crippen molar-refractivity contribution >= 4 is 33.4 Å². The third-order valence-corrected chi connectivity index (χ3v) is 4.52. The van der Waals surface area contributed by atoms with Crippen LogP contribution in [0.2, 0.25) is 0 Å². The maximum absolute atomic E-state index is 12.7. The third kappa shape index (κ3) is 2.73. The van der Waals surface area contributed by atoms with Gasteiger partial charge in [-0.2, -0.15) is 13.2 Å². The summed E-state index contributed by atoms with van der Waals surface area (Å²) in [6, 6.07) is 4.72. The van der Waals surface area contributed by atoms with Gasteiger partial charge in [-0.3, -0.25) is 4.98 Å². The Balaban J connectivity index is 2.13. The molecule has 0 atom stereocenters. The van der Waals surface area contributed by atoms with Gasteiger partial charge in [0.2, 0.25) is 0 Å².